The summed E-state index contributed by atoms with van der Waals surface area (Å²) in [6, 6.07) is 5.46. The number of carbonyl (C=O) groups is 1. The molecule has 0 saturated heterocycles. The Bertz CT molecular complexity index is 689. The molecule has 0 aliphatic carbocycles. The van der Waals surface area contributed by atoms with Gasteiger partial charge in [-0.05, 0) is 48.4 Å². The zero-order valence-electron chi connectivity index (χ0n) is 14.1. The second-order valence-corrected chi connectivity index (χ2v) is 5.92. The molecule has 1 aromatic carbocycles. The van der Waals surface area contributed by atoms with Crippen LogP contribution in [0.15, 0.2) is 24.3 Å². The van der Waals surface area contributed by atoms with E-state index >= 15 is 0 Å². The van der Waals surface area contributed by atoms with Crippen LogP contribution in [0.4, 0.5) is 4.39 Å². The third kappa shape index (κ3) is 4.58. The molecule has 0 aliphatic rings. The smallest absolute Gasteiger partial charge is 0.247 e. The lowest BCUT2D eigenvalue weighted by Crippen LogP contribution is -2.37. The lowest BCUT2D eigenvalue weighted by atomic mass is 10.0. The van der Waals surface area contributed by atoms with Gasteiger partial charge in [0.25, 0.3) is 0 Å². The molecule has 0 spiro atoms. The van der Waals surface area contributed by atoms with Gasteiger partial charge >= 0.3 is 0 Å². The van der Waals surface area contributed by atoms with E-state index in [0.717, 1.165) is 0 Å². The molecule has 0 saturated carbocycles. The molecule has 1 aromatic heterocycles. The first-order valence-electron chi connectivity index (χ1n) is 7.80. The van der Waals surface area contributed by atoms with Gasteiger partial charge < -0.3 is 10.0 Å². The molecule has 1 amide bonds. The predicted octanol–water partition coefficient (Wildman–Crippen LogP) is 1.13. The molecule has 24 heavy (non-hydrogen) atoms. The number of amides is 1. The second-order valence-electron chi connectivity index (χ2n) is 5.92. The van der Waals surface area contributed by atoms with Crippen molar-refractivity contribution in [1.82, 2.24) is 25.1 Å². The van der Waals surface area contributed by atoms with Crippen molar-refractivity contribution >= 4 is 5.91 Å². The van der Waals surface area contributed by atoms with Gasteiger partial charge in [-0.15, -0.1) is 5.10 Å². The lowest BCUT2D eigenvalue weighted by Gasteiger charge is -2.24. The van der Waals surface area contributed by atoms with Gasteiger partial charge in [0.2, 0.25) is 5.91 Å². The van der Waals surface area contributed by atoms with Gasteiger partial charge in [-0.25, -0.2) is 9.07 Å². The number of aliphatic hydroxyl groups excluding tert-OH is 1. The number of likely N-dealkylation sites (N-methyl/N-ethyl adjacent to an activating group) is 1. The molecule has 2 rings (SSSR count). The number of carbonyl (C=O) groups excluding carboxylic acids is 1. The summed E-state index contributed by atoms with van der Waals surface area (Å²) < 4.78 is 14.9. The van der Waals surface area contributed by atoms with Gasteiger partial charge in [0, 0.05) is 20.0 Å². The number of nitrogens with zero attached hydrogens (tertiary/aromatic N) is 5. The van der Waals surface area contributed by atoms with Crippen LogP contribution in [-0.4, -0.2) is 55.8 Å². The largest absolute Gasteiger partial charge is 0.393 e. The molecule has 1 heterocycles. The van der Waals surface area contributed by atoms with E-state index in [1.807, 2.05) is 0 Å². The van der Waals surface area contributed by atoms with Crippen LogP contribution in [0.2, 0.25) is 0 Å². The Morgan fingerprint density at radius 1 is 1.46 bits per heavy atom. The number of benzene rings is 1. The normalized spacial score (nSPS) is 13.5. The molecule has 2 aromatic rings. The van der Waals surface area contributed by atoms with E-state index in [2.05, 4.69) is 15.5 Å². The summed E-state index contributed by atoms with van der Waals surface area (Å²) in [4.78, 5) is 14.4. The van der Waals surface area contributed by atoms with Crippen molar-refractivity contribution in [1.29, 1.82) is 0 Å². The Kier molecular flexibility index (Phi) is 5.97. The average Bonchev–Trinajstić information content (AvgIpc) is 2.95. The van der Waals surface area contributed by atoms with Crippen molar-refractivity contribution in [3.05, 3.63) is 41.5 Å². The van der Waals surface area contributed by atoms with Gasteiger partial charge in [0.1, 0.15) is 17.7 Å². The minimum Gasteiger partial charge on any atom is -0.393 e. The van der Waals surface area contributed by atoms with Crippen molar-refractivity contribution < 1.29 is 14.3 Å². The van der Waals surface area contributed by atoms with Crippen LogP contribution in [0, 0.1) is 12.7 Å². The van der Waals surface area contributed by atoms with Crippen molar-refractivity contribution in [3.63, 3.8) is 0 Å². The second kappa shape index (κ2) is 7.96. The van der Waals surface area contributed by atoms with E-state index in [0.29, 0.717) is 24.4 Å². The minimum atomic E-state index is -0.666. The van der Waals surface area contributed by atoms with E-state index in [1.165, 1.54) is 21.7 Å². The number of halogens is 1. The fraction of sp³-hybridized carbons (Fsp3) is 0.500. The average molecular weight is 335 g/mol. The molecule has 0 fully saturated rings. The van der Waals surface area contributed by atoms with Crippen molar-refractivity contribution in [2.45, 2.75) is 38.8 Å². The lowest BCUT2D eigenvalue weighted by molar-refractivity contribution is -0.134. The minimum absolute atomic E-state index is 0.185. The highest BCUT2D eigenvalue weighted by Crippen LogP contribution is 2.18. The molecule has 0 aliphatic heterocycles. The topological polar surface area (TPSA) is 84.1 Å². The van der Waals surface area contributed by atoms with Crippen molar-refractivity contribution in [3.8, 4) is 0 Å². The highest BCUT2D eigenvalue weighted by Gasteiger charge is 2.27. The Morgan fingerprint density at radius 2 is 2.21 bits per heavy atom. The highest BCUT2D eigenvalue weighted by molar-refractivity contribution is 5.80. The maximum absolute atomic E-state index is 13.4. The summed E-state index contributed by atoms with van der Waals surface area (Å²) in [5.74, 6) is -0.0291. The third-order valence-electron chi connectivity index (χ3n) is 3.81. The SMILES string of the molecule is Cc1nnnn1C(Cc1cccc(F)c1)C(=O)N(C)CCC(C)O. The molecule has 7 nitrogen and oxygen atoms in total. The number of hydrogen-bond acceptors (Lipinski definition) is 5. The summed E-state index contributed by atoms with van der Waals surface area (Å²) in [5.41, 5.74) is 0.687. The number of aromatic nitrogens is 4. The zero-order valence-corrected chi connectivity index (χ0v) is 14.1. The van der Waals surface area contributed by atoms with E-state index in [4.69, 9.17) is 0 Å². The number of hydrogen-bond donors (Lipinski definition) is 1. The maximum Gasteiger partial charge on any atom is 0.247 e. The Morgan fingerprint density at radius 3 is 2.79 bits per heavy atom. The monoisotopic (exact) mass is 335 g/mol. The summed E-state index contributed by atoms with van der Waals surface area (Å²) >= 11 is 0. The van der Waals surface area contributed by atoms with Gasteiger partial charge in [-0.2, -0.15) is 0 Å². The van der Waals surface area contributed by atoms with E-state index in [9.17, 15) is 14.3 Å². The maximum atomic E-state index is 13.4. The fourth-order valence-corrected chi connectivity index (χ4v) is 2.44. The van der Waals surface area contributed by atoms with Gasteiger partial charge in [-0.1, -0.05) is 12.1 Å². The zero-order chi connectivity index (χ0) is 17.7. The molecule has 130 valence electrons. The fourth-order valence-electron chi connectivity index (χ4n) is 2.44. The van der Waals surface area contributed by atoms with Crippen LogP contribution >= 0.6 is 0 Å². The summed E-state index contributed by atoms with van der Waals surface area (Å²) in [7, 11) is 1.67. The van der Waals surface area contributed by atoms with E-state index in [-0.39, 0.29) is 18.1 Å². The van der Waals surface area contributed by atoms with Gasteiger partial charge in [0.15, 0.2) is 0 Å². The Balaban J connectivity index is 2.23. The van der Waals surface area contributed by atoms with Crippen LogP contribution in [0.3, 0.4) is 0 Å². The Hall–Kier alpha value is -2.35. The van der Waals surface area contributed by atoms with Crippen LogP contribution in [0.1, 0.15) is 30.8 Å². The number of aryl methyl sites for hydroxylation is 1. The molecule has 8 heteroatoms. The van der Waals surface area contributed by atoms with Gasteiger partial charge in [0.05, 0.1) is 6.10 Å². The third-order valence-corrected chi connectivity index (χ3v) is 3.81. The first-order chi connectivity index (χ1) is 11.4. The number of tetrazole rings is 1. The van der Waals surface area contributed by atoms with Crippen LogP contribution < -0.4 is 0 Å². The summed E-state index contributed by atoms with van der Waals surface area (Å²) in [6.45, 7) is 3.80. The van der Waals surface area contributed by atoms with E-state index < -0.39 is 12.1 Å². The number of rotatable bonds is 7. The standard InChI is InChI=1S/C16H22FN5O2/c1-11(23)7-8-21(3)16(24)15(22-12(2)18-19-20-22)10-13-5-4-6-14(17)9-13/h4-6,9,11,15,23H,7-8,10H2,1-3H3. The first kappa shape index (κ1) is 18.0. The van der Waals surface area contributed by atoms with Crippen LogP contribution in [0.25, 0.3) is 0 Å². The van der Waals surface area contributed by atoms with Crippen LogP contribution in [0.5, 0.6) is 0 Å². The van der Waals surface area contributed by atoms with Crippen LogP contribution in [-0.2, 0) is 11.2 Å². The molecule has 0 bridgehead atoms. The molecule has 2 unspecified atom stereocenters. The van der Waals surface area contributed by atoms with E-state index in [1.54, 1.807) is 33.0 Å². The molecule has 0 radical (unpaired) electrons. The summed E-state index contributed by atoms with van der Waals surface area (Å²) in [6.07, 6.45) is 0.266. The Labute approximate surface area is 140 Å². The number of aliphatic hydroxyl groups is 1. The molecule has 2 atom stereocenters. The van der Waals surface area contributed by atoms with Gasteiger partial charge in [-0.3, -0.25) is 4.79 Å². The molecular weight excluding hydrogens is 313 g/mol. The summed E-state index contributed by atoms with van der Waals surface area (Å²) in [5, 5.41) is 20.7. The van der Waals surface area contributed by atoms with Crippen molar-refractivity contribution in [2.24, 2.45) is 0 Å². The van der Waals surface area contributed by atoms with Crippen molar-refractivity contribution in [2.75, 3.05) is 13.6 Å². The highest BCUT2D eigenvalue weighted by atomic mass is 19.1. The predicted molar refractivity (Wildman–Crippen MR) is 85.6 cm³/mol. The first-order valence-corrected chi connectivity index (χ1v) is 7.80. The molecule has 1 N–H and O–H groups in total. The quantitative estimate of drug-likeness (QED) is 0.820. The molecular formula is C16H22FN5O2.